The van der Waals surface area contributed by atoms with Gasteiger partial charge in [0.2, 0.25) is 10.0 Å². The van der Waals surface area contributed by atoms with Gasteiger partial charge in [0.05, 0.1) is 25.2 Å². The first-order valence-corrected chi connectivity index (χ1v) is 12.1. The van der Waals surface area contributed by atoms with Crippen molar-refractivity contribution in [2.45, 2.75) is 11.5 Å². The van der Waals surface area contributed by atoms with Gasteiger partial charge in [-0.3, -0.25) is 9.78 Å². The normalized spacial score (nSPS) is 14.4. The minimum Gasteiger partial charge on any atom is -0.493 e. The van der Waals surface area contributed by atoms with E-state index in [2.05, 4.69) is 10.3 Å². The Morgan fingerprint density at radius 1 is 1.09 bits per heavy atom. The summed E-state index contributed by atoms with van der Waals surface area (Å²) in [6, 6.07) is 14.7. The maximum absolute atomic E-state index is 12.8. The molecular weight excluding hydrogens is 458 g/mol. The lowest BCUT2D eigenvalue weighted by Gasteiger charge is -2.26. The van der Waals surface area contributed by atoms with Gasteiger partial charge < -0.3 is 19.5 Å². The van der Waals surface area contributed by atoms with Gasteiger partial charge in [-0.25, -0.2) is 8.42 Å². The fourth-order valence-corrected chi connectivity index (χ4v) is 4.84. The molecule has 178 valence electrons. The van der Waals surface area contributed by atoms with Gasteiger partial charge in [-0.1, -0.05) is 6.07 Å². The summed E-state index contributed by atoms with van der Waals surface area (Å²) in [7, 11) is -2.08. The molecular formula is C24H25N3O6S. The summed E-state index contributed by atoms with van der Waals surface area (Å²) in [6.07, 6.45) is 3.39. The van der Waals surface area contributed by atoms with Gasteiger partial charge in [-0.05, 0) is 42.5 Å². The number of benzene rings is 2. The number of hydrogen-bond acceptors (Lipinski definition) is 7. The summed E-state index contributed by atoms with van der Waals surface area (Å²) in [5.74, 6) is 0.620. The first-order valence-electron chi connectivity index (χ1n) is 10.7. The van der Waals surface area contributed by atoms with Crippen LogP contribution in [0, 0.1) is 0 Å². The molecule has 34 heavy (non-hydrogen) atoms. The van der Waals surface area contributed by atoms with Gasteiger partial charge in [0.1, 0.15) is 6.61 Å². The van der Waals surface area contributed by atoms with Crippen molar-refractivity contribution in [1.82, 2.24) is 9.29 Å². The zero-order valence-electron chi connectivity index (χ0n) is 18.6. The molecule has 1 amide bonds. The molecule has 4 rings (SSSR count). The number of anilines is 1. The first kappa shape index (κ1) is 23.7. The molecule has 1 saturated heterocycles. The van der Waals surface area contributed by atoms with Crippen molar-refractivity contribution < 1.29 is 27.4 Å². The third kappa shape index (κ3) is 5.53. The molecule has 0 unspecified atom stereocenters. The number of rotatable bonds is 8. The molecule has 0 aliphatic carbocycles. The Balaban J connectivity index is 1.44. The summed E-state index contributed by atoms with van der Waals surface area (Å²) in [5.41, 5.74) is 1.73. The van der Waals surface area contributed by atoms with Crippen LogP contribution in [0.4, 0.5) is 5.69 Å². The second-order valence-electron chi connectivity index (χ2n) is 7.51. The van der Waals surface area contributed by atoms with E-state index < -0.39 is 10.0 Å². The number of nitrogens with one attached hydrogen (secondary N) is 1. The van der Waals surface area contributed by atoms with Crippen LogP contribution in [0.2, 0.25) is 0 Å². The van der Waals surface area contributed by atoms with E-state index in [0.29, 0.717) is 55.7 Å². The Morgan fingerprint density at radius 3 is 2.53 bits per heavy atom. The van der Waals surface area contributed by atoms with Crippen molar-refractivity contribution in [1.29, 1.82) is 0 Å². The van der Waals surface area contributed by atoms with Crippen LogP contribution in [-0.4, -0.2) is 57.0 Å². The van der Waals surface area contributed by atoms with E-state index in [0.717, 1.165) is 5.56 Å². The summed E-state index contributed by atoms with van der Waals surface area (Å²) < 4.78 is 43.3. The molecule has 0 bridgehead atoms. The van der Waals surface area contributed by atoms with Crippen LogP contribution in [0.15, 0.2) is 71.9 Å². The fourth-order valence-electron chi connectivity index (χ4n) is 3.43. The highest BCUT2D eigenvalue weighted by Gasteiger charge is 2.26. The zero-order valence-corrected chi connectivity index (χ0v) is 19.5. The maximum atomic E-state index is 12.8. The van der Waals surface area contributed by atoms with Crippen molar-refractivity contribution in [2.75, 3.05) is 38.7 Å². The average molecular weight is 484 g/mol. The number of pyridine rings is 1. The molecule has 3 aromatic rings. The van der Waals surface area contributed by atoms with Crippen LogP contribution in [-0.2, 0) is 21.4 Å². The largest absolute Gasteiger partial charge is 0.493 e. The van der Waals surface area contributed by atoms with Crippen LogP contribution < -0.4 is 14.8 Å². The van der Waals surface area contributed by atoms with Crippen LogP contribution in [0.25, 0.3) is 0 Å². The minimum atomic E-state index is -3.62. The number of ether oxygens (including phenoxy) is 3. The molecule has 9 nitrogen and oxygen atoms in total. The number of sulfonamides is 1. The molecule has 2 heterocycles. The van der Waals surface area contributed by atoms with Crippen LogP contribution in [0.5, 0.6) is 11.5 Å². The molecule has 1 fully saturated rings. The number of carbonyl (C=O) groups is 1. The van der Waals surface area contributed by atoms with Crippen LogP contribution in [0.3, 0.4) is 0 Å². The Kier molecular flexibility index (Phi) is 7.41. The third-order valence-electron chi connectivity index (χ3n) is 5.26. The Bertz CT molecular complexity index is 1230. The van der Waals surface area contributed by atoms with Crippen molar-refractivity contribution in [3.8, 4) is 11.5 Å². The van der Waals surface area contributed by atoms with Gasteiger partial charge in [0.25, 0.3) is 5.91 Å². The van der Waals surface area contributed by atoms with Crippen molar-refractivity contribution >= 4 is 21.6 Å². The average Bonchev–Trinajstić information content (AvgIpc) is 2.88. The number of aromatic nitrogens is 1. The summed E-state index contributed by atoms with van der Waals surface area (Å²) in [5, 5.41) is 2.81. The van der Waals surface area contributed by atoms with Crippen molar-refractivity contribution in [3.63, 3.8) is 0 Å². The van der Waals surface area contributed by atoms with Crippen molar-refractivity contribution in [2.24, 2.45) is 0 Å². The Morgan fingerprint density at radius 2 is 1.85 bits per heavy atom. The molecule has 0 spiro atoms. The number of carbonyl (C=O) groups excluding carboxylic acids is 1. The smallest absolute Gasteiger partial charge is 0.255 e. The number of morpholine rings is 1. The van der Waals surface area contributed by atoms with Gasteiger partial charge in [0.15, 0.2) is 11.5 Å². The lowest BCUT2D eigenvalue weighted by molar-refractivity contribution is 0.0730. The number of nitrogens with zero attached hydrogens (tertiary/aromatic N) is 2. The molecule has 0 radical (unpaired) electrons. The number of hydrogen-bond donors (Lipinski definition) is 1. The molecule has 0 saturated carbocycles. The maximum Gasteiger partial charge on any atom is 0.255 e. The van der Waals surface area contributed by atoms with Crippen LogP contribution >= 0.6 is 0 Å². The standard InChI is InChI=1S/C24H25N3O6S/c1-31-22-9-6-20(15-23(22)33-17-18-3-2-10-25-16-18)26-24(28)19-4-7-21(8-5-19)34(29,30)27-11-13-32-14-12-27/h2-10,15-16H,11-14,17H2,1H3,(H,26,28). The Hall–Kier alpha value is -3.47. The molecule has 1 aliphatic heterocycles. The highest BCUT2D eigenvalue weighted by atomic mass is 32.2. The molecule has 1 aromatic heterocycles. The highest BCUT2D eigenvalue weighted by Crippen LogP contribution is 2.31. The zero-order chi connectivity index (χ0) is 24.0. The quantitative estimate of drug-likeness (QED) is 0.525. The molecule has 1 aliphatic rings. The van der Waals surface area contributed by atoms with Gasteiger partial charge in [-0.15, -0.1) is 0 Å². The number of amides is 1. The predicted octanol–water partition coefficient (Wildman–Crippen LogP) is 2.94. The second kappa shape index (κ2) is 10.6. The van der Waals surface area contributed by atoms with E-state index in [1.165, 1.54) is 35.7 Å². The van der Waals surface area contributed by atoms with Gasteiger partial charge in [-0.2, -0.15) is 4.31 Å². The number of methoxy groups -OCH3 is 1. The SMILES string of the molecule is COc1ccc(NC(=O)c2ccc(S(=O)(=O)N3CCOCC3)cc2)cc1OCc1cccnc1. The summed E-state index contributed by atoms with van der Waals surface area (Å²) in [4.78, 5) is 17.0. The molecule has 1 N–H and O–H groups in total. The van der Waals surface area contributed by atoms with Crippen molar-refractivity contribution in [3.05, 3.63) is 78.1 Å². The lowest BCUT2D eigenvalue weighted by Crippen LogP contribution is -2.40. The van der Waals surface area contributed by atoms with E-state index in [4.69, 9.17) is 14.2 Å². The second-order valence-corrected chi connectivity index (χ2v) is 9.45. The van der Waals surface area contributed by atoms with E-state index in [-0.39, 0.29) is 10.8 Å². The molecule has 2 aromatic carbocycles. The summed E-state index contributed by atoms with van der Waals surface area (Å²) >= 11 is 0. The lowest BCUT2D eigenvalue weighted by atomic mass is 10.2. The van der Waals surface area contributed by atoms with E-state index >= 15 is 0 Å². The highest BCUT2D eigenvalue weighted by molar-refractivity contribution is 7.89. The first-order chi connectivity index (χ1) is 16.5. The Labute approximate surface area is 198 Å². The topological polar surface area (TPSA) is 107 Å². The predicted molar refractivity (Wildman–Crippen MR) is 126 cm³/mol. The van der Waals surface area contributed by atoms with E-state index in [1.54, 1.807) is 30.6 Å². The van der Waals surface area contributed by atoms with E-state index in [9.17, 15) is 13.2 Å². The fraction of sp³-hybridized carbons (Fsp3) is 0.250. The molecule has 10 heteroatoms. The summed E-state index contributed by atoms with van der Waals surface area (Å²) in [6.45, 7) is 1.66. The monoisotopic (exact) mass is 483 g/mol. The van der Waals surface area contributed by atoms with Gasteiger partial charge in [0, 0.05) is 48.4 Å². The van der Waals surface area contributed by atoms with E-state index in [1.807, 2.05) is 12.1 Å². The third-order valence-corrected chi connectivity index (χ3v) is 7.18. The minimum absolute atomic E-state index is 0.140. The molecule has 0 atom stereocenters. The van der Waals surface area contributed by atoms with Gasteiger partial charge >= 0.3 is 0 Å². The van der Waals surface area contributed by atoms with Crippen LogP contribution in [0.1, 0.15) is 15.9 Å².